The number of amides is 1. The third kappa shape index (κ3) is 2.66. The molecular formula is C14H18ClN3OS. The second-order valence-corrected chi connectivity index (χ2v) is 5.84. The minimum Gasteiger partial charge on any atom is -0.324 e. The van der Waals surface area contributed by atoms with E-state index < -0.39 is 0 Å². The molecule has 2 heterocycles. The maximum Gasteiger partial charge on any atom is 0.244 e. The third-order valence-corrected chi connectivity index (χ3v) is 4.66. The van der Waals surface area contributed by atoms with Crippen LogP contribution >= 0.6 is 23.7 Å². The molecule has 0 spiro atoms. The first-order valence-electron chi connectivity index (χ1n) is 6.63. The normalized spacial score (nSPS) is 21.6. The molecule has 1 aliphatic heterocycles. The van der Waals surface area contributed by atoms with Crippen molar-refractivity contribution in [3.63, 3.8) is 0 Å². The highest BCUT2D eigenvalue weighted by Crippen LogP contribution is 2.26. The second kappa shape index (κ2) is 6.08. The number of carbonyl (C=O) groups is 1. The lowest BCUT2D eigenvalue weighted by atomic mass is 9.93. The number of anilines is 1. The lowest BCUT2D eigenvalue weighted by Crippen LogP contribution is -2.50. The van der Waals surface area contributed by atoms with Gasteiger partial charge in [0, 0.05) is 5.69 Å². The summed E-state index contributed by atoms with van der Waals surface area (Å²) in [5, 5.41) is 6.39. The summed E-state index contributed by atoms with van der Waals surface area (Å²) < 4.78 is 1.10. The van der Waals surface area contributed by atoms with Gasteiger partial charge in [0.15, 0.2) is 0 Å². The summed E-state index contributed by atoms with van der Waals surface area (Å²) in [6.45, 7) is 2.99. The standard InChI is InChI=1S/C14H17N3OS.ClH/c1-2-14(6-3-7-16-14)13(18)17-10-4-5-11-12(8-10)19-9-15-11;/h4-5,8-9,16H,2-3,6-7H2,1H3,(H,17,18);1H. The number of aromatic nitrogens is 1. The number of halogens is 1. The fourth-order valence-electron chi connectivity index (χ4n) is 2.65. The second-order valence-electron chi connectivity index (χ2n) is 4.95. The van der Waals surface area contributed by atoms with E-state index in [2.05, 4.69) is 22.5 Å². The van der Waals surface area contributed by atoms with Gasteiger partial charge < -0.3 is 10.6 Å². The summed E-state index contributed by atoms with van der Waals surface area (Å²) in [7, 11) is 0. The third-order valence-electron chi connectivity index (χ3n) is 3.87. The van der Waals surface area contributed by atoms with Crippen LogP contribution in [0.4, 0.5) is 5.69 Å². The van der Waals surface area contributed by atoms with Crippen LogP contribution in [-0.2, 0) is 4.79 Å². The Kier molecular flexibility index (Phi) is 4.62. The molecule has 0 aliphatic carbocycles. The number of thiazole rings is 1. The van der Waals surface area contributed by atoms with Crippen LogP contribution in [0.2, 0.25) is 0 Å². The quantitative estimate of drug-likeness (QED) is 0.915. The van der Waals surface area contributed by atoms with Crippen molar-refractivity contribution in [2.45, 2.75) is 31.7 Å². The van der Waals surface area contributed by atoms with Crippen LogP contribution < -0.4 is 10.6 Å². The van der Waals surface area contributed by atoms with Crippen molar-refractivity contribution in [2.24, 2.45) is 0 Å². The zero-order valence-corrected chi connectivity index (χ0v) is 12.9. The van der Waals surface area contributed by atoms with E-state index in [0.717, 1.165) is 41.7 Å². The lowest BCUT2D eigenvalue weighted by Gasteiger charge is -2.26. The van der Waals surface area contributed by atoms with Gasteiger partial charge in [-0.1, -0.05) is 6.92 Å². The van der Waals surface area contributed by atoms with E-state index >= 15 is 0 Å². The van der Waals surface area contributed by atoms with Crippen LogP contribution in [0.5, 0.6) is 0 Å². The van der Waals surface area contributed by atoms with Crippen LogP contribution in [0.25, 0.3) is 10.2 Å². The highest BCUT2D eigenvalue weighted by molar-refractivity contribution is 7.16. The summed E-state index contributed by atoms with van der Waals surface area (Å²) in [6, 6.07) is 5.85. The van der Waals surface area contributed by atoms with Gasteiger partial charge in [0.2, 0.25) is 5.91 Å². The first-order chi connectivity index (χ1) is 9.23. The maximum absolute atomic E-state index is 12.5. The molecule has 2 aromatic rings. The minimum absolute atomic E-state index is 0. The maximum atomic E-state index is 12.5. The Labute approximate surface area is 128 Å². The van der Waals surface area contributed by atoms with Crippen LogP contribution in [0.3, 0.4) is 0 Å². The van der Waals surface area contributed by atoms with Crippen molar-refractivity contribution in [3.8, 4) is 0 Å². The average molecular weight is 312 g/mol. The molecule has 0 saturated carbocycles. The number of carbonyl (C=O) groups excluding carboxylic acids is 1. The smallest absolute Gasteiger partial charge is 0.244 e. The Morgan fingerprint density at radius 2 is 2.40 bits per heavy atom. The van der Waals surface area contributed by atoms with Crippen molar-refractivity contribution in [3.05, 3.63) is 23.7 Å². The number of rotatable bonds is 3. The summed E-state index contributed by atoms with van der Waals surface area (Å²) in [6.07, 6.45) is 2.80. The van der Waals surface area contributed by atoms with E-state index in [1.165, 1.54) is 0 Å². The molecule has 3 rings (SSSR count). The van der Waals surface area contributed by atoms with E-state index in [1.807, 2.05) is 23.7 Å². The molecule has 1 fully saturated rings. The summed E-state index contributed by atoms with van der Waals surface area (Å²) in [4.78, 5) is 16.7. The molecule has 1 unspecified atom stereocenters. The fourth-order valence-corrected chi connectivity index (χ4v) is 3.36. The SMILES string of the molecule is CCC1(C(=O)Nc2ccc3ncsc3c2)CCCN1.Cl. The Morgan fingerprint density at radius 1 is 1.55 bits per heavy atom. The number of benzene rings is 1. The number of hydrogen-bond acceptors (Lipinski definition) is 4. The summed E-state index contributed by atoms with van der Waals surface area (Å²) >= 11 is 1.59. The Hall–Kier alpha value is -1.17. The minimum atomic E-state index is -0.386. The Morgan fingerprint density at radius 3 is 3.10 bits per heavy atom. The first-order valence-corrected chi connectivity index (χ1v) is 7.51. The largest absolute Gasteiger partial charge is 0.324 e. The molecule has 6 heteroatoms. The van der Waals surface area contributed by atoms with Crippen LogP contribution in [0.15, 0.2) is 23.7 Å². The Balaban J connectivity index is 0.00000147. The van der Waals surface area contributed by atoms with Gasteiger partial charge in [-0.3, -0.25) is 4.79 Å². The lowest BCUT2D eigenvalue weighted by molar-refractivity contribution is -0.122. The van der Waals surface area contributed by atoms with Crippen LogP contribution in [0, 0.1) is 0 Å². The van der Waals surface area contributed by atoms with Crippen molar-refractivity contribution in [2.75, 3.05) is 11.9 Å². The molecule has 1 atom stereocenters. The molecule has 4 nitrogen and oxygen atoms in total. The van der Waals surface area contributed by atoms with Crippen molar-refractivity contribution in [1.29, 1.82) is 0 Å². The predicted molar refractivity (Wildman–Crippen MR) is 85.8 cm³/mol. The number of nitrogens with one attached hydrogen (secondary N) is 2. The van der Waals surface area contributed by atoms with E-state index in [4.69, 9.17) is 0 Å². The molecule has 0 radical (unpaired) electrons. The van der Waals surface area contributed by atoms with Gasteiger partial charge in [-0.05, 0) is 44.0 Å². The Bertz CT molecular complexity index is 607. The van der Waals surface area contributed by atoms with Crippen molar-refractivity contribution < 1.29 is 4.79 Å². The zero-order valence-electron chi connectivity index (χ0n) is 11.3. The van der Waals surface area contributed by atoms with Gasteiger partial charge in [0.05, 0.1) is 21.3 Å². The van der Waals surface area contributed by atoms with Gasteiger partial charge in [0.1, 0.15) is 0 Å². The van der Waals surface area contributed by atoms with Crippen molar-refractivity contribution in [1.82, 2.24) is 10.3 Å². The highest BCUT2D eigenvalue weighted by atomic mass is 35.5. The zero-order chi connectivity index (χ0) is 13.3. The molecule has 0 bridgehead atoms. The summed E-state index contributed by atoms with van der Waals surface area (Å²) in [5.74, 6) is 0.0800. The fraction of sp³-hybridized carbons (Fsp3) is 0.429. The molecule has 1 saturated heterocycles. The molecule has 2 N–H and O–H groups in total. The van der Waals surface area contributed by atoms with E-state index in [-0.39, 0.29) is 23.9 Å². The topological polar surface area (TPSA) is 54.0 Å². The molecule has 1 aromatic heterocycles. The van der Waals surface area contributed by atoms with Crippen LogP contribution in [0.1, 0.15) is 26.2 Å². The molecule has 108 valence electrons. The van der Waals surface area contributed by atoms with E-state index in [0.29, 0.717) is 0 Å². The summed E-state index contributed by atoms with van der Waals surface area (Å²) in [5.41, 5.74) is 3.26. The van der Waals surface area contributed by atoms with Gasteiger partial charge in [-0.2, -0.15) is 0 Å². The van der Waals surface area contributed by atoms with E-state index in [1.54, 1.807) is 11.3 Å². The monoisotopic (exact) mass is 311 g/mol. The van der Waals surface area contributed by atoms with Crippen molar-refractivity contribution >= 4 is 45.6 Å². The molecular weight excluding hydrogens is 294 g/mol. The molecule has 1 aliphatic rings. The van der Waals surface area contributed by atoms with Gasteiger partial charge >= 0.3 is 0 Å². The first kappa shape index (κ1) is 15.2. The molecule has 20 heavy (non-hydrogen) atoms. The van der Waals surface area contributed by atoms with Crippen LogP contribution in [-0.4, -0.2) is 23.0 Å². The van der Waals surface area contributed by atoms with Gasteiger partial charge in [0.25, 0.3) is 0 Å². The highest BCUT2D eigenvalue weighted by Gasteiger charge is 2.39. The number of hydrogen-bond donors (Lipinski definition) is 2. The number of nitrogens with zero attached hydrogens (tertiary/aromatic N) is 1. The van der Waals surface area contributed by atoms with Gasteiger partial charge in [-0.25, -0.2) is 4.98 Å². The predicted octanol–water partition coefficient (Wildman–Crippen LogP) is 3.19. The number of fused-ring (bicyclic) bond motifs is 1. The molecule has 1 aromatic carbocycles. The average Bonchev–Trinajstić information content (AvgIpc) is 3.07. The molecule has 1 amide bonds. The van der Waals surface area contributed by atoms with E-state index in [9.17, 15) is 4.79 Å². The van der Waals surface area contributed by atoms with Gasteiger partial charge in [-0.15, -0.1) is 23.7 Å².